The zero-order valence-electron chi connectivity index (χ0n) is 8.41. The Balaban J connectivity index is 3.05. The average molecular weight is 324 g/mol. The summed E-state index contributed by atoms with van der Waals surface area (Å²) in [6.45, 7) is 0. The summed E-state index contributed by atoms with van der Waals surface area (Å²) < 4.78 is 17.2. The second-order valence-corrected chi connectivity index (χ2v) is 6.84. The highest BCUT2D eigenvalue weighted by Crippen LogP contribution is 2.09. The number of halogens is 1. The molecule has 0 aliphatic rings. The van der Waals surface area contributed by atoms with Crippen LogP contribution in [0.3, 0.4) is 0 Å². The lowest BCUT2D eigenvalue weighted by Crippen LogP contribution is -2.54. The highest BCUT2D eigenvalue weighted by molar-refractivity contribution is 14.1. The summed E-state index contributed by atoms with van der Waals surface area (Å²) >= 11 is 2.25. The van der Waals surface area contributed by atoms with Crippen molar-refractivity contribution < 1.29 is 13.3 Å². The molecule has 0 fully saturated rings. The number of rotatable bonds is 4. The Kier molecular flexibility index (Phi) is 4.52. The maximum absolute atomic E-state index is 5.35. The van der Waals surface area contributed by atoms with Gasteiger partial charge in [0.05, 0.1) is 0 Å². The molecular weight excluding hydrogens is 311 g/mol. The number of benzene rings is 1. The van der Waals surface area contributed by atoms with Crippen molar-refractivity contribution in [2.24, 2.45) is 0 Å². The van der Waals surface area contributed by atoms with E-state index >= 15 is 0 Å². The van der Waals surface area contributed by atoms with Gasteiger partial charge < -0.3 is 13.3 Å². The van der Waals surface area contributed by atoms with Crippen molar-refractivity contribution in [3.8, 4) is 0 Å². The predicted octanol–water partition coefficient (Wildman–Crippen LogP) is 1.38. The minimum atomic E-state index is -2.62. The SMILES string of the molecule is CO[Si](OC)(OC)c1ccc(I)cc1. The molecule has 0 radical (unpaired) electrons. The normalized spacial score (nSPS) is 11.7. The molecule has 0 aromatic heterocycles. The molecule has 0 bridgehead atoms. The summed E-state index contributed by atoms with van der Waals surface area (Å²) in [5.41, 5.74) is 0. The Labute approximate surface area is 98.9 Å². The number of hydrogen-bond acceptors (Lipinski definition) is 3. The van der Waals surface area contributed by atoms with Gasteiger partial charge in [-0.25, -0.2) is 0 Å². The summed E-state index contributed by atoms with van der Waals surface area (Å²) in [6, 6.07) is 7.97. The largest absolute Gasteiger partial charge is 0.536 e. The topological polar surface area (TPSA) is 27.7 Å². The quantitative estimate of drug-likeness (QED) is 0.619. The molecule has 1 aromatic carbocycles. The molecule has 0 aliphatic heterocycles. The molecule has 0 N–H and O–H groups in total. The molecule has 1 rings (SSSR count). The Hall–Kier alpha value is 0.0469. The predicted molar refractivity (Wildman–Crippen MR) is 65.6 cm³/mol. The molecule has 0 unspecified atom stereocenters. The fourth-order valence-electron chi connectivity index (χ4n) is 1.26. The van der Waals surface area contributed by atoms with E-state index in [1.54, 1.807) is 21.3 Å². The van der Waals surface area contributed by atoms with Crippen molar-refractivity contribution in [3.63, 3.8) is 0 Å². The lowest BCUT2D eigenvalue weighted by Gasteiger charge is -2.24. The van der Waals surface area contributed by atoms with Crippen molar-refractivity contribution in [2.75, 3.05) is 21.3 Å². The van der Waals surface area contributed by atoms with Crippen molar-refractivity contribution >= 4 is 36.6 Å². The van der Waals surface area contributed by atoms with Gasteiger partial charge in [0.15, 0.2) is 0 Å². The Morgan fingerprint density at radius 3 is 1.71 bits per heavy atom. The first-order chi connectivity index (χ1) is 6.68. The van der Waals surface area contributed by atoms with Crippen LogP contribution < -0.4 is 5.19 Å². The van der Waals surface area contributed by atoms with Gasteiger partial charge in [0.2, 0.25) is 0 Å². The number of hydrogen-bond donors (Lipinski definition) is 0. The summed E-state index contributed by atoms with van der Waals surface area (Å²) in [5.74, 6) is 0. The molecule has 0 spiro atoms. The maximum Gasteiger partial charge on any atom is 0.536 e. The molecule has 5 heteroatoms. The Morgan fingerprint density at radius 1 is 0.929 bits per heavy atom. The van der Waals surface area contributed by atoms with Crippen molar-refractivity contribution in [3.05, 3.63) is 27.8 Å². The average Bonchev–Trinajstić information content (AvgIpc) is 2.24. The standard InChI is InChI=1S/C9H13IO3Si/c1-11-14(12-2,13-3)9-6-4-8(10)5-7-9/h4-7H,1-3H3. The van der Waals surface area contributed by atoms with Crippen LogP contribution in [-0.2, 0) is 13.3 Å². The van der Waals surface area contributed by atoms with Crippen LogP contribution in [0.25, 0.3) is 0 Å². The fourth-order valence-corrected chi connectivity index (χ4v) is 3.40. The molecule has 0 amide bonds. The Bertz CT molecular complexity index is 276. The summed E-state index contributed by atoms with van der Waals surface area (Å²) in [6.07, 6.45) is 0. The minimum Gasteiger partial charge on any atom is -0.373 e. The van der Waals surface area contributed by atoms with Gasteiger partial charge in [-0.05, 0) is 34.7 Å². The first kappa shape index (κ1) is 12.1. The zero-order valence-corrected chi connectivity index (χ0v) is 11.6. The van der Waals surface area contributed by atoms with Crippen LogP contribution >= 0.6 is 22.6 Å². The molecule has 0 saturated heterocycles. The summed E-state index contributed by atoms with van der Waals surface area (Å²) in [5, 5.41) is 0.977. The van der Waals surface area contributed by atoms with Crippen molar-refractivity contribution in [1.82, 2.24) is 0 Å². The third kappa shape index (κ3) is 2.34. The lowest BCUT2D eigenvalue weighted by atomic mass is 10.4. The highest BCUT2D eigenvalue weighted by atomic mass is 127. The van der Waals surface area contributed by atoms with Gasteiger partial charge >= 0.3 is 8.80 Å². The van der Waals surface area contributed by atoms with E-state index < -0.39 is 8.80 Å². The van der Waals surface area contributed by atoms with E-state index in [9.17, 15) is 0 Å². The summed E-state index contributed by atoms with van der Waals surface area (Å²) in [4.78, 5) is 0. The molecule has 1 aromatic rings. The van der Waals surface area contributed by atoms with Crippen LogP contribution in [-0.4, -0.2) is 30.1 Å². The maximum atomic E-state index is 5.35. The summed E-state index contributed by atoms with van der Waals surface area (Å²) in [7, 11) is 2.21. The third-order valence-electron chi connectivity index (χ3n) is 2.00. The lowest BCUT2D eigenvalue weighted by molar-refractivity contribution is 0.140. The van der Waals surface area contributed by atoms with E-state index in [4.69, 9.17) is 13.3 Å². The van der Waals surface area contributed by atoms with Gasteiger partial charge in [-0.1, -0.05) is 12.1 Å². The van der Waals surface area contributed by atoms with Gasteiger partial charge in [0.25, 0.3) is 0 Å². The molecule has 14 heavy (non-hydrogen) atoms. The van der Waals surface area contributed by atoms with E-state index in [0.717, 1.165) is 5.19 Å². The van der Waals surface area contributed by atoms with Gasteiger partial charge in [0.1, 0.15) is 0 Å². The second-order valence-electron chi connectivity index (χ2n) is 2.68. The minimum absolute atomic E-state index is 0.977. The molecule has 0 saturated carbocycles. The molecule has 0 aliphatic carbocycles. The highest BCUT2D eigenvalue weighted by Gasteiger charge is 2.40. The van der Waals surface area contributed by atoms with Crippen LogP contribution in [0.15, 0.2) is 24.3 Å². The van der Waals surface area contributed by atoms with Crippen molar-refractivity contribution in [1.29, 1.82) is 0 Å². The van der Waals surface area contributed by atoms with E-state index in [-0.39, 0.29) is 0 Å². The van der Waals surface area contributed by atoms with Crippen LogP contribution in [0.5, 0.6) is 0 Å². The molecule has 0 atom stereocenters. The molecule has 78 valence electrons. The van der Waals surface area contributed by atoms with Crippen LogP contribution in [0.4, 0.5) is 0 Å². The second kappa shape index (κ2) is 5.22. The van der Waals surface area contributed by atoms with E-state index in [1.165, 1.54) is 3.57 Å². The molecule has 0 heterocycles. The third-order valence-corrected chi connectivity index (χ3v) is 5.38. The first-order valence-electron chi connectivity index (χ1n) is 4.10. The Morgan fingerprint density at radius 2 is 1.36 bits per heavy atom. The van der Waals surface area contributed by atoms with Gasteiger partial charge in [-0.15, -0.1) is 0 Å². The van der Waals surface area contributed by atoms with Crippen LogP contribution in [0.1, 0.15) is 0 Å². The van der Waals surface area contributed by atoms with E-state index in [2.05, 4.69) is 22.6 Å². The van der Waals surface area contributed by atoms with Gasteiger partial charge in [-0.3, -0.25) is 0 Å². The van der Waals surface area contributed by atoms with Crippen LogP contribution in [0, 0.1) is 3.57 Å². The van der Waals surface area contributed by atoms with E-state index in [0.29, 0.717) is 0 Å². The van der Waals surface area contributed by atoms with Crippen LogP contribution in [0.2, 0.25) is 0 Å². The monoisotopic (exact) mass is 324 g/mol. The smallest absolute Gasteiger partial charge is 0.373 e. The van der Waals surface area contributed by atoms with Gasteiger partial charge in [-0.2, -0.15) is 0 Å². The molecular formula is C9H13IO3Si. The van der Waals surface area contributed by atoms with E-state index in [1.807, 2.05) is 24.3 Å². The van der Waals surface area contributed by atoms with Gasteiger partial charge in [0, 0.05) is 30.1 Å². The zero-order chi connectivity index (χ0) is 10.6. The fraction of sp³-hybridized carbons (Fsp3) is 0.333. The molecule has 3 nitrogen and oxygen atoms in total. The van der Waals surface area contributed by atoms with Crippen molar-refractivity contribution in [2.45, 2.75) is 0 Å². The first-order valence-corrected chi connectivity index (χ1v) is 6.90.